The van der Waals surface area contributed by atoms with Gasteiger partial charge in [-0.15, -0.1) is 0 Å². The minimum absolute atomic E-state index is 0.209. The third kappa shape index (κ3) is 3.73. The van der Waals surface area contributed by atoms with Gasteiger partial charge in [0.05, 0.1) is 18.4 Å². The number of amides is 1. The molecule has 1 aromatic heterocycles. The lowest BCUT2D eigenvalue weighted by Gasteiger charge is -2.14. The number of benzene rings is 1. The first-order valence-corrected chi connectivity index (χ1v) is 7.85. The predicted octanol–water partition coefficient (Wildman–Crippen LogP) is 3.35. The van der Waals surface area contributed by atoms with Crippen LogP contribution in [0.1, 0.15) is 28.4 Å². The first kappa shape index (κ1) is 17.9. The Bertz CT molecular complexity index is 801. The Morgan fingerprint density at radius 2 is 1.83 bits per heavy atom. The van der Waals surface area contributed by atoms with E-state index in [0.29, 0.717) is 28.3 Å². The number of ether oxygens (including phenoxy) is 1. The molecule has 24 heavy (non-hydrogen) atoms. The fraction of sp³-hybridized carbons (Fsp3) is 0.118. The second kappa shape index (κ2) is 7.91. The van der Waals surface area contributed by atoms with Crippen molar-refractivity contribution in [2.75, 3.05) is 7.11 Å². The van der Waals surface area contributed by atoms with Crippen LogP contribution < -0.4 is 10.5 Å². The summed E-state index contributed by atoms with van der Waals surface area (Å²) in [5, 5.41) is 8.59. The molecule has 0 saturated carbocycles. The van der Waals surface area contributed by atoms with Gasteiger partial charge in [-0.2, -0.15) is 0 Å². The number of nitrogens with two attached hydrogens (primary N) is 1. The molecule has 2 rings (SSSR count). The number of carbonyl (C=O) groups is 1. The summed E-state index contributed by atoms with van der Waals surface area (Å²) in [4.78, 5) is 15.4. The zero-order valence-corrected chi connectivity index (χ0v) is 15.3. The van der Waals surface area contributed by atoms with Crippen LogP contribution in [0.3, 0.4) is 0 Å². The van der Waals surface area contributed by atoms with E-state index in [2.05, 4.69) is 4.98 Å². The predicted molar refractivity (Wildman–Crippen MR) is 100 cm³/mol. The fourth-order valence-corrected chi connectivity index (χ4v) is 2.46. The second-order valence-corrected chi connectivity index (χ2v) is 5.33. The van der Waals surface area contributed by atoms with Crippen molar-refractivity contribution < 1.29 is 12.6 Å². The first-order valence-electron chi connectivity index (χ1n) is 6.97. The van der Waals surface area contributed by atoms with Gasteiger partial charge in [0.1, 0.15) is 5.76 Å². The van der Waals surface area contributed by atoms with E-state index in [1.54, 1.807) is 72.5 Å². The second-order valence-electron chi connectivity index (χ2n) is 4.89. The molecular weight excluding hydrogens is 421 g/mol. The van der Waals surface area contributed by atoms with Gasteiger partial charge in [-0.25, -0.2) is 4.98 Å². The van der Waals surface area contributed by atoms with Crippen LogP contribution in [-0.2, 0) is 3.07 Å². The Balaban J connectivity index is 2.54. The van der Waals surface area contributed by atoms with Crippen molar-refractivity contribution in [2.45, 2.75) is 6.92 Å². The van der Waals surface area contributed by atoms with Gasteiger partial charge >= 0.3 is 0 Å². The molecule has 124 valence electrons. The van der Waals surface area contributed by atoms with E-state index < -0.39 is 5.91 Å². The molecule has 0 saturated heterocycles. The van der Waals surface area contributed by atoms with Crippen LogP contribution in [-0.4, -0.2) is 23.7 Å². The van der Waals surface area contributed by atoms with Crippen molar-refractivity contribution in [3.63, 3.8) is 0 Å². The lowest BCUT2D eigenvalue weighted by Crippen LogP contribution is -2.11. The number of hydrogen-bond acceptors (Lipinski definition) is 5. The summed E-state index contributed by atoms with van der Waals surface area (Å²) < 4.78 is 10.6. The van der Waals surface area contributed by atoms with Crippen molar-refractivity contribution in [2.24, 2.45) is 5.73 Å². The van der Waals surface area contributed by atoms with E-state index in [0.717, 1.165) is 5.56 Å². The van der Waals surface area contributed by atoms with E-state index in [1.807, 2.05) is 0 Å². The minimum Gasteiger partial charge on any atom is -0.481 e. The zero-order valence-electron chi connectivity index (χ0n) is 13.2. The number of allylic oxidation sites excluding steroid dienone is 2. The molecule has 0 aliphatic rings. The van der Waals surface area contributed by atoms with Gasteiger partial charge in [-0.1, -0.05) is 12.1 Å². The van der Waals surface area contributed by atoms with Crippen LogP contribution in [0.15, 0.2) is 48.4 Å². The van der Waals surface area contributed by atoms with Crippen LogP contribution in [0, 0.1) is 5.41 Å². The summed E-state index contributed by atoms with van der Waals surface area (Å²) in [5.41, 5.74) is 7.73. The van der Waals surface area contributed by atoms with Crippen LogP contribution in [0.5, 0.6) is 5.88 Å². The Labute approximate surface area is 153 Å². The molecular formula is C17H16IN3O3. The molecule has 2 aromatic rings. The Morgan fingerprint density at radius 3 is 2.38 bits per heavy atom. The number of hydrogen-bond donors (Lipinski definition) is 2. The normalized spacial score (nSPS) is 11.5. The third-order valence-corrected chi connectivity index (χ3v) is 4.07. The molecule has 6 nitrogen and oxygen atoms in total. The molecule has 7 heteroatoms. The van der Waals surface area contributed by atoms with E-state index >= 15 is 0 Å². The number of carbonyl (C=O) groups excluding carboxylic acids is 1. The van der Waals surface area contributed by atoms with Crippen LogP contribution in [0.2, 0.25) is 0 Å². The van der Waals surface area contributed by atoms with Crippen LogP contribution >= 0.6 is 23.0 Å². The largest absolute Gasteiger partial charge is 0.481 e. The minimum atomic E-state index is -0.502. The lowest BCUT2D eigenvalue weighted by molar-refractivity contribution is 0.100. The smallest absolute Gasteiger partial charge is 0.248 e. The highest BCUT2D eigenvalue weighted by molar-refractivity contribution is 14.1. The summed E-state index contributed by atoms with van der Waals surface area (Å²) in [7, 11) is 1.51. The summed E-state index contributed by atoms with van der Waals surface area (Å²) in [6.45, 7) is 1.77. The van der Waals surface area contributed by atoms with Crippen molar-refractivity contribution >= 4 is 40.2 Å². The van der Waals surface area contributed by atoms with E-state index in [4.69, 9.17) is 18.9 Å². The molecule has 1 heterocycles. The topological polar surface area (TPSA) is 98.3 Å². The summed E-state index contributed by atoms with van der Waals surface area (Å²) in [6.07, 6.45) is 1.60. The van der Waals surface area contributed by atoms with Crippen molar-refractivity contribution in [3.05, 3.63) is 65.0 Å². The number of nitrogens with zero attached hydrogens (tertiary/aromatic N) is 1. The van der Waals surface area contributed by atoms with Crippen LogP contribution in [0.4, 0.5) is 0 Å². The maximum atomic E-state index is 11.2. The van der Waals surface area contributed by atoms with Crippen molar-refractivity contribution in [1.29, 1.82) is 5.41 Å². The summed E-state index contributed by atoms with van der Waals surface area (Å²) in [6, 6.07) is 10.2. The molecule has 0 fully saturated rings. The highest BCUT2D eigenvalue weighted by atomic mass is 127. The van der Waals surface area contributed by atoms with Gasteiger partial charge in [0.25, 0.3) is 0 Å². The SMILES string of the molecule is COc1ncccc1C(=N)/C(=C(/C)OI)c1ccc(C(N)=O)cc1. The van der Waals surface area contributed by atoms with E-state index in [1.165, 1.54) is 7.11 Å². The fourth-order valence-electron chi connectivity index (χ4n) is 2.24. The number of halogens is 1. The molecule has 0 atom stereocenters. The molecule has 0 bridgehead atoms. The van der Waals surface area contributed by atoms with Crippen LogP contribution in [0.25, 0.3) is 5.57 Å². The molecule has 0 aliphatic heterocycles. The summed E-state index contributed by atoms with van der Waals surface area (Å²) >= 11 is 1.77. The number of aromatic nitrogens is 1. The standard InChI is InChI=1S/C17H16IN3O3/c1-10(24-18)14(11-5-7-12(8-6-11)16(20)22)15(19)13-4-3-9-21-17(13)23-2/h3-9,19H,1-2H3,(H2,20,22)/b14-10-,19-15?. The number of primary amides is 1. The maximum absolute atomic E-state index is 11.2. The number of rotatable bonds is 6. The number of nitrogens with one attached hydrogen (secondary N) is 1. The monoisotopic (exact) mass is 437 g/mol. The summed E-state index contributed by atoms with van der Waals surface area (Å²) in [5.74, 6) is 0.409. The van der Waals surface area contributed by atoms with Crippen molar-refractivity contribution in [1.82, 2.24) is 4.98 Å². The van der Waals surface area contributed by atoms with Gasteiger partial charge in [-0.3, -0.25) is 10.2 Å². The average molecular weight is 437 g/mol. The van der Waals surface area contributed by atoms with Gasteiger partial charge < -0.3 is 13.5 Å². The average Bonchev–Trinajstić information content (AvgIpc) is 2.61. The first-order chi connectivity index (χ1) is 11.5. The molecule has 0 aliphatic carbocycles. The number of pyridine rings is 1. The molecule has 0 radical (unpaired) electrons. The van der Waals surface area contributed by atoms with Crippen molar-refractivity contribution in [3.8, 4) is 5.88 Å². The maximum Gasteiger partial charge on any atom is 0.248 e. The molecule has 3 N–H and O–H groups in total. The Morgan fingerprint density at radius 1 is 1.21 bits per heavy atom. The quantitative estimate of drug-likeness (QED) is 0.412. The van der Waals surface area contributed by atoms with Gasteiger partial charge in [0.15, 0.2) is 23.0 Å². The Kier molecular flexibility index (Phi) is 5.91. The highest BCUT2D eigenvalue weighted by Crippen LogP contribution is 2.28. The lowest BCUT2D eigenvalue weighted by atomic mass is 9.94. The molecule has 0 unspecified atom stereocenters. The van der Waals surface area contributed by atoms with E-state index in [9.17, 15) is 4.79 Å². The molecule has 0 spiro atoms. The molecule has 1 aromatic carbocycles. The van der Waals surface area contributed by atoms with Gasteiger partial charge in [-0.05, 0) is 36.8 Å². The zero-order chi connectivity index (χ0) is 17.7. The highest BCUT2D eigenvalue weighted by Gasteiger charge is 2.19. The van der Waals surface area contributed by atoms with Gasteiger partial charge in [0.2, 0.25) is 11.8 Å². The number of methoxy groups -OCH3 is 1. The van der Waals surface area contributed by atoms with E-state index in [-0.39, 0.29) is 5.71 Å². The third-order valence-electron chi connectivity index (χ3n) is 3.41. The van der Waals surface area contributed by atoms with Gasteiger partial charge in [0, 0.05) is 17.3 Å². The Hall–Kier alpha value is -2.42. The molecule has 1 amide bonds.